The van der Waals surface area contributed by atoms with Crippen molar-refractivity contribution in [1.82, 2.24) is 14.8 Å². The smallest absolute Gasteiger partial charge is 0.274 e. The normalized spacial score (nSPS) is 26.8. The van der Waals surface area contributed by atoms with Crippen LogP contribution >= 0.6 is 0 Å². The van der Waals surface area contributed by atoms with Gasteiger partial charge in [-0.25, -0.2) is 8.78 Å². The van der Waals surface area contributed by atoms with Gasteiger partial charge in [-0.1, -0.05) is 18.1 Å². The van der Waals surface area contributed by atoms with Crippen molar-refractivity contribution in [3.63, 3.8) is 0 Å². The van der Waals surface area contributed by atoms with Crippen LogP contribution in [0.15, 0.2) is 34.3 Å². The quantitative estimate of drug-likeness (QED) is 0.673. The van der Waals surface area contributed by atoms with Gasteiger partial charge < -0.3 is 24.7 Å². The van der Waals surface area contributed by atoms with E-state index in [1.54, 1.807) is 4.90 Å². The van der Waals surface area contributed by atoms with E-state index in [4.69, 9.17) is 4.84 Å². The molecule has 1 unspecified atom stereocenters. The first kappa shape index (κ1) is 24.0. The third-order valence-corrected chi connectivity index (χ3v) is 7.85. The zero-order chi connectivity index (χ0) is 25.9. The summed E-state index contributed by atoms with van der Waals surface area (Å²) in [7, 11) is 0. The average Bonchev–Trinajstić information content (AvgIpc) is 3.05. The standard InChI is InChI=1S/C25H26F2N4O5/c1-12-6-7-25(13(2)14(3)29-36-25)19-11-30(12)24(35)20-22(33)21(32)17(10-31(19)20)23(34)28-9-15-4-5-16(26)8-18(15)27/h4-5,8,10,12-13,19,33H,6-7,9,11H2,1-3H3,(H,28,34)/t12-,13?,19+,25+/m0/s1. The summed E-state index contributed by atoms with van der Waals surface area (Å²) in [6.45, 7) is 5.69. The zero-order valence-electron chi connectivity index (χ0n) is 20.0. The number of amides is 2. The zero-order valence-corrected chi connectivity index (χ0v) is 20.0. The van der Waals surface area contributed by atoms with E-state index in [9.17, 15) is 28.3 Å². The second-order valence-electron chi connectivity index (χ2n) is 9.76. The van der Waals surface area contributed by atoms with Crippen molar-refractivity contribution in [2.24, 2.45) is 11.1 Å². The maximum atomic E-state index is 14.0. The van der Waals surface area contributed by atoms with Crippen molar-refractivity contribution >= 4 is 17.5 Å². The Kier molecular flexibility index (Phi) is 5.60. The molecule has 4 atom stereocenters. The maximum Gasteiger partial charge on any atom is 0.274 e. The van der Waals surface area contributed by atoms with Gasteiger partial charge in [-0.3, -0.25) is 14.4 Å². The van der Waals surface area contributed by atoms with Crippen LogP contribution in [0.2, 0.25) is 0 Å². The molecule has 1 fully saturated rings. The highest BCUT2D eigenvalue weighted by Gasteiger charge is 2.57. The van der Waals surface area contributed by atoms with E-state index < -0.39 is 51.8 Å². The number of fused-ring (bicyclic) bond motifs is 5. The minimum atomic E-state index is -1.01. The van der Waals surface area contributed by atoms with E-state index in [2.05, 4.69) is 10.5 Å². The Bertz CT molecular complexity index is 1370. The van der Waals surface area contributed by atoms with E-state index in [-0.39, 0.29) is 36.3 Å². The minimum absolute atomic E-state index is 0.0235. The molecule has 190 valence electrons. The molecule has 1 aromatic heterocycles. The van der Waals surface area contributed by atoms with Crippen molar-refractivity contribution in [2.75, 3.05) is 6.54 Å². The lowest BCUT2D eigenvalue weighted by Gasteiger charge is -2.43. The predicted octanol–water partition coefficient (Wildman–Crippen LogP) is 2.72. The average molecular weight is 501 g/mol. The molecular formula is C25H26F2N4O5. The van der Waals surface area contributed by atoms with Crippen molar-refractivity contribution in [2.45, 2.75) is 57.8 Å². The lowest BCUT2D eigenvalue weighted by atomic mass is 9.76. The second kappa shape index (κ2) is 8.42. The molecule has 5 rings (SSSR count). The molecule has 1 spiro atoms. The molecule has 1 aromatic carbocycles. The number of hydrogen-bond acceptors (Lipinski definition) is 6. The summed E-state index contributed by atoms with van der Waals surface area (Å²) in [6, 6.07) is 2.25. The van der Waals surface area contributed by atoms with Gasteiger partial charge in [-0.15, -0.1) is 0 Å². The first-order chi connectivity index (χ1) is 17.0. The number of hydrogen-bond donors (Lipinski definition) is 2. The molecule has 3 aliphatic rings. The topological polar surface area (TPSA) is 113 Å². The van der Waals surface area contributed by atoms with E-state index in [1.165, 1.54) is 16.8 Å². The summed E-state index contributed by atoms with van der Waals surface area (Å²) in [5.74, 6) is -3.92. The van der Waals surface area contributed by atoms with Crippen molar-refractivity contribution in [1.29, 1.82) is 0 Å². The number of nitrogens with one attached hydrogen (secondary N) is 1. The Hall–Kier alpha value is -3.76. The molecule has 2 N–H and O–H groups in total. The summed E-state index contributed by atoms with van der Waals surface area (Å²) in [6.07, 6.45) is 2.46. The molecule has 36 heavy (non-hydrogen) atoms. The summed E-state index contributed by atoms with van der Waals surface area (Å²) < 4.78 is 28.6. The number of benzene rings is 1. The van der Waals surface area contributed by atoms with Gasteiger partial charge >= 0.3 is 0 Å². The number of nitrogens with zero attached hydrogens (tertiary/aromatic N) is 3. The number of aromatic nitrogens is 1. The third kappa shape index (κ3) is 3.48. The Morgan fingerprint density at radius 2 is 2.06 bits per heavy atom. The lowest BCUT2D eigenvalue weighted by Crippen LogP contribution is -2.54. The Morgan fingerprint density at radius 1 is 1.31 bits per heavy atom. The summed E-state index contributed by atoms with van der Waals surface area (Å²) >= 11 is 0. The van der Waals surface area contributed by atoms with Crippen LogP contribution in [0, 0.1) is 17.6 Å². The van der Waals surface area contributed by atoms with Gasteiger partial charge in [0.05, 0.1) is 11.8 Å². The fraction of sp³-hybridized carbons (Fsp3) is 0.440. The number of halogens is 2. The Balaban J connectivity index is 1.57. The van der Waals surface area contributed by atoms with Gasteiger partial charge in [0.15, 0.2) is 17.0 Å². The van der Waals surface area contributed by atoms with Crippen LogP contribution in [0.4, 0.5) is 8.78 Å². The maximum absolute atomic E-state index is 14.0. The van der Waals surface area contributed by atoms with E-state index in [0.717, 1.165) is 11.8 Å². The molecule has 4 heterocycles. The SMILES string of the molecule is CC1=NO[C@]2(CC[C@H](C)N3C[C@H]2n2cc(C(=O)NCc4ccc(F)cc4F)c(=O)c(O)c2C3=O)C1C. The molecular weight excluding hydrogens is 474 g/mol. The third-order valence-electron chi connectivity index (χ3n) is 7.85. The fourth-order valence-corrected chi connectivity index (χ4v) is 5.48. The van der Waals surface area contributed by atoms with Crippen molar-refractivity contribution in [3.8, 4) is 5.75 Å². The summed E-state index contributed by atoms with van der Waals surface area (Å²) in [4.78, 5) is 46.9. The second-order valence-corrected chi connectivity index (χ2v) is 9.76. The number of carbonyl (C=O) groups is 2. The van der Waals surface area contributed by atoms with Gasteiger partial charge in [0, 0.05) is 42.9 Å². The van der Waals surface area contributed by atoms with Crippen LogP contribution in [0.3, 0.4) is 0 Å². The molecule has 9 nitrogen and oxygen atoms in total. The number of rotatable bonds is 3. The van der Waals surface area contributed by atoms with Gasteiger partial charge in [-0.05, 0) is 32.8 Å². The highest BCUT2D eigenvalue weighted by molar-refractivity contribution is 5.99. The predicted molar refractivity (Wildman–Crippen MR) is 125 cm³/mol. The van der Waals surface area contributed by atoms with Crippen LogP contribution in [0.1, 0.15) is 66.1 Å². The van der Waals surface area contributed by atoms with Crippen molar-refractivity contribution < 1.29 is 28.3 Å². The molecule has 1 saturated heterocycles. The molecule has 0 aliphatic carbocycles. The van der Waals surface area contributed by atoms with Crippen LogP contribution in [-0.4, -0.2) is 50.3 Å². The lowest BCUT2D eigenvalue weighted by molar-refractivity contribution is -0.0864. The van der Waals surface area contributed by atoms with Crippen LogP contribution in [0.25, 0.3) is 0 Å². The molecule has 0 saturated carbocycles. The van der Waals surface area contributed by atoms with Gasteiger partial charge in [0.1, 0.15) is 17.2 Å². The number of oxime groups is 1. The largest absolute Gasteiger partial charge is 0.503 e. The molecule has 11 heteroatoms. The van der Waals surface area contributed by atoms with Crippen molar-refractivity contribution in [3.05, 3.63) is 63.1 Å². The van der Waals surface area contributed by atoms with Gasteiger partial charge in [0.2, 0.25) is 5.43 Å². The van der Waals surface area contributed by atoms with E-state index >= 15 is 0 Å². The van der Waals surface area contributed by atoms with Gasteiger partial charge in [-0.2, -0.15) is 0 Å². The fourth-order valence-electron chi connectivity index (χ4n) is 5.48. The van der Waals surface area contributed by atoms with E-state index in [1.807, 2.05) is 20.8 Å². The summed E-state index contributed by atoms with van der Waals surface area (Å²) in [5, 5.41) is 17.5. The molecule has 2 bridgehead atoms. The van der Waals surface area contributed by atoms with Crippen LogP contribution in [-0.2, 0) is 11.4 Å². The molecule has 0 radical (unpaired) electrons. The number of carbonyl (C=O) groups excluding carboxylic acids is 2. The van der Waals surface area contributed by atoms with E-state index in [0.29, 0.717) is 18.9 Å². The first-order valence-electron chi connectivity index (χ1n) is 11.8. The molecule has 2 amide bonds. The highest BCUT2D eigenvalue weighted by Crippen LogP contribution is 2.48. The Labute approximate surface area is 205 Å². The first-order valence-corrected chi connectivity index (χ1v) is 11.8. The van der Waals surface area contributed by atoms with Gasteiger partial charge in [0.25, 0.3) is 11.8 Å². The Morgan fingerprint density at radius 3 is 2.72 bits per heavy atom. The van der Waals surface area contributed by atoms with Crippen LogP contribution < -0.4 is 10.7 Å². The molecule has 2 aromatic rings. The monoisotopic (exact) mass is 500 g/mol. The summed E-state index contributed by atoms with van der Waals surface area (Å²) in [5.41, 5.74) is -1.65. The molecule has 3 aliphatic heterocycles. The highest BCUT2D eigenvalue weighted by atomic mass is 19.1. The number of aromatic hydroxyl groups is 1. The number of pyridine rings is 1. The van der Waals surface area contributed by atoms with Crippen LogP contribution in [0.5, 0.6) is 5.75 Å². The minimum Gasteiger partial charge on any atom is -0.503 e.